The van der Waals surface area contributed by atoms with Crippen LogP contribution < -0.4 is 0 Å². The largest absolute Gasteiger partial charge is 0.462 e. The zero-order valence-electron chi connectivity index (χ0n) is 18.1. The second-order valence-electron chi connectivity index (χ2n) is 6.37. The van der Waals surface area contributed by atoms with Crippen LogP contribution in [0.2, 0.25) is 0 Å². The van der Waals surface area contributed by atoms with E-state index >= 15 is 0 Å². The van der Waals surface area contributed by atoms with Gasteiger partial charge in [0.1, 0.15) is 31.8 Å². The van der Waals surface area contributed by atoms with Gasteiger partial charge in [-0.25, -0.2) is 19.2 Å². The molecule has 0 bridgehead atoms. The van der Waals surface area contributed by atoms with Gasteiger partial charge in [0.2, 0.25) is 0 Å². The zero-order valence-corrected chi connectivity index (χ0v) is 18.1. The van der Waals surface area contributed by atoms with Crippen LogP contribution in [0.5, 0.6) is 0 Å². The van der Waals surface area contributed by atoms with Crippen LogP contribution in [0.25, 0.3) is 0 Å². The molecule has 0 aliphatic rings. The van der Waals surface area contributed by atoms with E-state index in [0.717, 1.165) is 0 Å². The van der Waals surface area contributed by atoms with Crippen molar-refractivity contribution in [1.82, 2.24) is 0 Å². The molecule has 30 heavy (non-hydrogen) atoms. The zero-order chi connectivity index (χ0) is 23.0. The molecule has 0 rings (SSSR count). The minimum absolute atomic E-state index is 0.313. The highest BCUT2D eigenvalue weighted by Gasteiger charge is 2.37. The molecule has 0 aromatic rings. The number of carbonyl (C=O) groups is 4. The van der Waals surface area contributed by atoms with E-state index in [4.69, 9.17) is 18.9 Å². The predicted molar refractivity (Wildman–Crippen MR) is 110 cm³/mol. The first-order valence-corrected chi connectivity index (χ1v) is 9.42. The Hall–Kier alpha value is -3.16. The van der Waals surface area contributed by atoms with Gasteiger partial charge in [-0.1, -0.05) is 24.3 Å². The van der Waals surface area contributed by atoms with E-state index < -0.39 is 29.3 Å². The summed E-state index contributed by atoms with van der Waals surface area (Å²) in [6.45, 7) is 6.94. The van der Waals surface area contributed by atoms with Crippen molar-refractivity contribution in [2.24, 2.45) is 5.41 Å². The van der Waals surface area contributed by atoms with Gasteiger partial charge < -0.3 is 18.9 Å². The second kappa shape index (κ2) is 14.8. The molecule has 0 amide bonds. The summed E-state index contributed by atoms with van der Waals surface area (Å²) >= 11 is 0. The van der Waals surface area contributed by atoms with Crippen molar-refractivity contribution in [3.8, 4) is 0 Å². The molecule has 0 N–H and O–H groups in total. The first-order valence-electron chi connectivity index (χ1n) is 9.42. The Morgan fingerprint density at radius 1 is 0.633 bits per heavy atom. The summed E-state index contributed by atoms with van der Waals surface area (Å²) in [6.07, 6.45) is 9.69. The third-order valence-corrected chi connectivity index (χ3v) is 3.73. The van der Waals surface area contributed by atoms with Crippen LogP contribution in [0.4, 0.5) is 0 Å². The Labute approximate surface area is 177 Å². The fourth-order valence-corrected chi connectivity index (χ4v) is 1.93. The van der Waals surface area contributed by atoms with Crippen molar-refractivity contribution in [3.63, 3.8) is 0 Å². The van der Waals surface area contributed by atoms with Gasteiger partial charge >= 0.3 is 23.9 Å². The van der Waals surface area contributed by atoms with Crippen LogP contribution >= 0.6 is 0 Å². The topological polar surface area (TPSA) is 105 Å². The molecule has 8 heteroatoms. The number of hydrogen-bond acceptors (Lipinski definition) is 8. The van der Waals surface area contributed by atoms with E-state index in [1.54, 1.807) is 40.7 Å². The van der Waals surface area contributed by atoms with E-state index in [1.807, 2.05) is 0 Å². The Kier molecular flexibility index (Phi) is 13.2. The van der Waals surface area contributed by atoms with Crippen molar-refractivity contribution >= 4 is 23.9 Å². The van der Waals surface area contributed by atoms with E-state index in [-0.39, 0.29) is 26.4 Å². The van der Waals surface area contributed by atoms with Crippen molar-refractivity contribution in [1.29, 1.82) is 0 Å². The molecular formula is C22H30O8. The highest BCUT2D eigenvalue weighted by molar-refractivity contribution is 5.87. The standard InChI is InChI=1S/C22H30O8/c1-6-10-18(23)27-13-22(14-28-19(24)11-7-2,15-29-20(25)12-8-3)16-30-21(26)17(5)9-4/h6-12H,13-16H2,1-5H3/b10-6+,11-7+,12-8+,17-9+. The average Bonchev–Trinajstić information content (AvgIpc) is 2.72. The lowest BCUT2D eigenvalue weighted by atomic mass is 9.92. The Morgan fingerprint density at radius 2 is 0.967 bits per heavy atom. The van der Waals surface area contributed by atoms with Gasteiger partial charge in [0.25, 0.3) is 0 Å². The van der Waals surface area contributed by atoms with Gasteiger partial charge in [0, 0.05) is 23.8 Å². The minimum Gasteiger partial charge on any atom is -0.462 e. The molecule has 0 spiro atoms. The van der Waals surface area contributed by atoms with Crippen LogP contribution in [-0.4, -0.2) is 50.3 Å². The molecule has 0 fully saturated rings. The maximum atomic E-state index is 12.1. The monoisotopic (exact) mass is 422 g/mol. The summed E-state index contributed by atoms with van der Waals surface area (Å²) in [5.74, 6) is -2.52. The van der Waals surface area contributed by atoms with Crippen molar-refractivity contribution in [3.05, 3.63) is 48.1 Å². The number of ether oxygens (including phenoxy) is 4. The number of esters is 4. The third kappa shape index (κ3) is 11.0. The summed E-state index contributed by atoms with van der Waals surface area (Å²) in [4.78, 5) is 47.5. The number of carbonyl (C=O) groups excluding carboxylic acids is 4. The van der Waals surface area contributed by atoms with E-state index in [9.17, 15) is 19.2 Å². The van der Waals surface area contributed by atoms with Gasteiger partial charge in [-0.15, -0.1) is 0 Å². The van der Waals surface area contributed by atoms with Gasteiger partial charge in [0.15, 0.2) is 0 Å². The summed E-state index contributed by atoms with van der Waals surface area (Å²) < 4.78 is 20.9. The van der Waals surface area contributed by atoms with Crippen LogP contribution in [0.1, 0.15) is 34.6 Å². The minimum atomic E-state index is -1.30. The van der Waals surface area contributed by atoms with Crippen LogP contribution in [0, 0.1) is 5.41 Å². The van der Waals surface area contributed by atoms with Gasteiger partial charge in [-0.2, -0.15) is 0 Å². The first-order chi connectivity index (χ1) is 14.2. The molecule has 0 radical (unpaired) electrons. The highest BCUT2D eigenvalue weighted by atomic mass is 16.6. The molecule has 0 saturated heterocycles. The van der Waals surface area contributed by atoms with Gasteiger partial charge in [-0.3, -0.25) is 0 Å². The Balaban J connectivity index is 5.67. The number of allylic oxidation sites excluding steroid dienone is 4. The molecule has 0 aliphatic heterocycles. The van der Waals surface area contributed by atoms with E-state index in [1.165, 1.54) is 36.5 Å². The molecule has 0 saturated carbocycles. The molecule has 0 heterocycles. The number of hydrogen-bond donors (Lipinski definition) is 0. The first kappa shape index (κ1) is 26.8. The summed E-state index contributed by atoms with van der Waals surface area (Å²) in [5, 5.41) is 0. The fraction of sp³-hybridized carbons (Fsp3) is 0.455. The second-order valence-corrected chi connectivity index (χ2v) is 6.37. The van der Waals surface area contributed by atoms with Crippen LogP contribution in [-0.2, 0) is 38.1 Å². The Morgan fingerprint density at radius 3 is 1.27 bits per heavy atom. The van der Waals surface area contributed by atoms with Crippen LogP contribution in [0.15, 0.2) is 48.1 Å². The van der Waals surface area contributed by atoms with E-state index in [0.29, 0.717) is 5.57 Å². The lowest BCUT2D eigenvalue weighted by Gasteiger charge is -2.31. The van der Waals surface area contributed by atoms with Crippen molar-refractivity contribution in [2.45, 2.75) is 34.6 Å². The smallest absolute Gasteiger partial charge is 0.333 e. The maximum Gasteiger partial charge on any atom is 0.333 e. The van der Waals surface area contributed by atoms with Gasteiger partial charge in [-0.05, 0) is 34.6 Å². The number of rotatable bonds is 12. The maximum absolute atomic E-state index is 12.1. The summed E-state index contributed by atoms with van der Waals surface area (Å²) in [6, 6.07) is 0. The predicted octanol–water partition coefficient (Wildman–Crippen LogP) is 2.84. The van der Waals surface area contributed by atoms with E-state index in [2.05, 4.69) is 0 Å². The van der Waals surface area contributed by atoms with Crippen molar-refractivity contribution in [2.75, 3.05) is 26.4 Å². The Bertz CT molecular complexity index is 643. The molecule has 0 aromatic carbocycles. The summed E-state index contributed by atoms with van der Waals surface area (Å²) in [5.41, 5.74) is -0.929. The van der Waals surface area contributed by atoms with Crippen LogP contribution in [0.3, 0.4) is 0 Å². The molecule has 166 valence electrons. The van der Waals surface area contributed by atoms with Gasteiger partial charge in [0.05, 0.1) is 0 Å². The average molecular weight is 422 g/mol. The molecule has 8 nitrogen and oxygen atoms in total. The molecule has 0 aliphatic carbocycles. The molecular weight excluding hydrogens is 392 g/mol. The highest BCUT2D eigenvalue weighted by Crippen LogP contribution is 2.22. The summed E-state index contributed by atoms with van der Waals surface area (Å²) in [7, 11) is 0. The lowest BCUT2D eigenvalue weighted by molar-refractivity contribution is -0.164. The molecule has 0 atom stereocenters. The third-order valence-electron chi connectivity index (χ3n) is 3.73. The fourth-order valence-electron chi connectivity index (χ4n) is 1.93. The molecule has 0 unspecified atom stereocenters. The SMILES string of the molecule is C/C=C/C(=O)OCC(COC(=O)/C=C/C)(COC(=O)/C=C/C)COC(=O)/C(C)=C/C. The lowest BCUT2D eigenvalue weighted by Crippen LogP contribution is -2.43. The normalized spacial score (nSPS) is 12.4. The van der Waals surface area contributed by atoms with Crippen molar-refractivity contribution < 1.29 is 38.1 Å². The molecule has 0 aromatic heterocycles. The quantitative estimate of drug-likeness (QED) is 0.269.